The minimum Gasteiger partial charge on any atom is -0.379 e. The van der Waals surface area contributed by atoms with Crippen molar-refractivity contribution in [1.29, 1.82) is 0 Å². The molecule has 3 aliphatic rings. The number of allylic oxidation sites excluding steroid dienone is 1. The lowest BCUT2D eigenvalue weighted by Crippen LogP contribution is -2.49. The SMILES string of the molecule is O=C(NCCC1=CCCCC1)[C@@H]1CCC(=O)N(CCN2CCOCC2)C1. The van der Waals surface area contributed by atoms with Gasteiger partial charge in [0, 0.05) is 45.7 Å². The molecule has 6 heteroatoms. The average Bonchev–Trinajstić information content (AvgIpc) is 2.69. The summed E-state index contributed by atoms with van der Waals surface area (Å²) >= 11 is 0. The van der Waals surface area contributed by atoms with Gasteiger partial charge in [0.05, 0.1) is 19.1 Å². The molecule has 0 aromatic heterocycles. The number of carbonyl (C=O) groups is 2. The third-order valence-corrected chi connectivity index (χ3v) is 5.79. The fourth-order valence-corrected chi connectivity index (χ4v) is 4.05. The standard InChI is InChI=1S/C20H33N3O3/c24-19-7-6-18(16-23(19)11-10-22-12-14-26-15-13-22)20(25)21-9-8-17-4-2-1-3-5-17/h4,18H,1-3,5-16H2,(H,21,25)/t18-/m1/s1. The van der Waals surface area contributed by atoms with E-state index in [1.165, 1.54) is 31.3 Å². The molecule has 2 fully saturated rings. The molecule has 26 heavy (non-hydrogen) atoms. The van der Waals surface area contributed by atoms with Gasteiger partial charge in [0.2, 0.25) is 11.8 Å². The number of ether oxygens (including phenoxy) is 1. The molecule has 2 saturated heterocycles. The van der Waals surface area contributed by atoms with Crippen molar-refractivity contribution in [1.82, 2.24) is 15.1 Å². The highest BCUT2D eigenvalue weighted by Crippen LogP contribution is 2.20. The first kappa shape index (κ1) is 19.4. The highest BCUT2D eigenvalue weighted by Gasteiger charge is 2.30. The van der Waals surface area contributed by atoms with Crippen LogP contribution in [0.25, 0.3) is 0 Å². The Bertz CT molecular complexity index is 514. The number of rotatable bonds is 7. The minimum absolute atomic E-state index is 0.0577. The number of likely N-dealkylation sites (tertiary alicyclic amines) is 1. The van der Waals surface area contributed by atoms with E-state index in [0.717, 1.165) is 52.4 Å². The Kier molecular flexibility index (Phi) is 7.50. The number of morpholine rings is 1. The molecule has 0 unspecified atom stereocenters. The van der Waals surface area contributed by atoms with E-state index >= 15 is 0 Å². The Hall–Kier alpha value is -1.40. The lowest BCUT2D eigenvalue weighted by Gasteiger charge is -2.34. The van der Waals surface area contributed by atoms with Gasteiger partial charge in [-0.15, -0.1) is 0 Å². The van der Waals surface area contributed by atoms with Crippen molar-refractivity contribution >= 4 is 11.8 Å². The first-order valence-electron chi connectivity index (χ1n) is 10.3. The van der Waals surface area contributed by atoms with Crippen LogP contribution in [0.5, 0.6) is 0 Å². The normalized spacial score (nSPS) is 25.1. The summed E-state index contributed by atoms with van der Waals surface area (Å²) in [6.07, 6.45) is 9.43. The fraction of sp³-hybridized carbons (Fsp3) is 0.800. The summed E-state index contributed by atoms with van der Waals surface area (Å²) in [5.41, 5.74) is 1.49. The Morgan fingerprint density at radius 3 is 2.81 bits per heavy atom. The van der Waals surface area contributed by atoms with Crippen LogP contribution in [0.3, 0.4) is 0 Å². The Balaban J connectivity index is 1.39. The molecule has 0 aromatic rings. The molecule has 0 saturated carbocycles. The van der Waals surface area contributed by atoms with Gasteiger partial charge in [-0.05, 0) is 38.5 Å². The van der Waals surface area contributed by atoms with Crippen LogP contribution in [0.2, 0.25) is 0 Å². The van der Waals surface area contributed by atoms with Crippen LogP contribution in [0.15, 0.2) is 11.6 Å². The van der Waals surface area contributed by atoms with E-state index in [1.54, 1.807) is 0 Å². The van der Waals surface area contributed by atoms with Gasteiger partial charge in [-0.1, -0.05) is 11.6 Å². The number of nitrogens with one attached hydrogen (secondary N) is 1. The number of hydrogen-bond acceptors (Lipinski definition) is 4. The molecule has 1 aliphatic carbocycles. The second kappa shape index (κ2) is 10.1. The number of piperidine rings is 1. The molecule has 1 N–H and O–H groups in total. The fourth-order valence-electron chi connectivity index (χ4n) is 4.05. The minimum atomic E-state index is -0.0577. The number of amides is 2. The summed E-state index contributed by atoms with van der Waals surface area (Å²) in [4.78, 5) is 28.9. The molecule has 2 amide bonds. The maximum atomic E-state index is 12.5. The summed E-state index contributed by atoms with van der Waals surface area (Å²) in [7, 11) is 0. The molecular formula is C20H33N3O3. The molecule has 6 nitrogen and oxygen atoms in total. The molecule has 0 spiro atoms. The van der Waals surface area contributed by atoms with Crippen molar-refractivity contribution in [3.63, 3.8) is 0 Å². The van der Waals surface area contributed by atoms with Gasteiger partial charge in [-0.25, -0.2) is 0 Å². The zero-order valence-electron chi connectivity index (χ0n) is 15.9. The second-order valence-corrected chi connectivity index (χ2v) is 7.68. The largest absolute Gasteiger partial charge is 0.379 e. The van der Waals surface area contributed by atoms with E-state index in [-0.39, 0.29) is 17.7 Å². The van der Waals surface area contributed by atoms with E-state index in [9.17, 15) is 9.59 Å². The van der Waals surface area contributed by atoms with Gasteiger partial charge >= 0.3 is 0 Å². The predicted octanol–water partition coefficient (Wildman–Crippen LogP) is 1.56. The molecule has 1 atom stereocenters. The number of hydrogen-bond donors (Lipinski definition) is 1. The molecule has 0 radical (unpaired) electrons. The highest BCUT2D eigenvalue weighted by molar-refractivity contribution is 5.83. The van der Waals surface area contributed by atoms with E-state index in [0.29, 0.717) is 19.4 Å². The van der Waals surface area contributed by atoms with E-state index in [2.05, 4.69) is 16.3 Å². The van der Waals surface area contributed by atoms with Gasteiger partial charge in [0.25, 0.3) is 0 Å². The average molecular weight is 364 g/mol. The Morgan fingerprint density at radius 2 is 2.04 bits per heavy atom. The van der Waals surface area contributed by atoms with Gasteiger partial charge < -0.3 is 15.0 Å². The van der Waals surface area contributed by atoms with Crippen molar-refractivity contribution in [3.05, 3.63) is 11.6 Å². The zero-order valence-corrected chi connectivity index (χ0v) is 15.9. The molecule has 3 rings (SSSR count). The second-order valence-electron chi connectivity index (χ2n) is 7.68. The summed E-state index contributed by atoms with van der Waals surface area (Å²) < 4.78 is 5.36. The summed E-state index contributed by atoms with van der Waals surface area (Å²) in [6, 6.07) is 0. The van der Waals surface area contributed by atoms with Crippen molar-refractivity contribution in [2.75, 3.05) is 52.5 Å². The summed E-state index contributed by atoms with van der Waals surface area (Å²) in [5.74, 6) is 0.248. The summed E-state index contributed by atoms with van der Waals surface area (Å²) in [5, 5.41) is 3.10. The molecule has 0 bridgehead atoms. The van der Waals surface area contributed by atoms with E-state index in [4.69, 9.17) is 4.74 Å². The van der Waals surface area contributed by atoms with Gasteiger partial charge in [0.15, 0.2) is 0 Å². The van der Waals surface area contributed by atoms with Crippen molar-refractivity contribution in [2.45, 2.75) is 44.9 Å². The molecule has 0 aromatic carbocycles. The number of carbonyl (C=O) groups excluding carboxylic acids is 2. The molecular weight excluding hydrogens is 330 g/mol. The Labute approximate surface area is 156 Å². The van der Waals surface area contributed by atoms with Crippen LogP contribution in [-0.2, 0) is 14.3 Å². The van der Waals surface area contributed by atoms with Crippen LogP contribution in [0, 0.1) is 5.92 Å². The van der Waals surface area contributed by atoms with Gasteiger partial charge in [-0.3, -0.25) is 14.5 Å². The van der Waals surface area contributed by atoms with Crippen molar-refractivity contribution in [3.8, 4) is 0 Å². The lowest BCUT2D eigenvalue weighted by atomic mass is 9.95. The molecule has 146 valence electrons. The molecule has 2 heterocycles. The predicted molar refractivity (Wildman–Crippen MR) is 101 cm³/mol. The Morgan fingerprint density at radius 1 is 1.19 bits per heavy atom. The summed E-state index contributed by atoms with van der Waals surface area (Å²) in [6.45, 7) is 6.29. The van der Waals surface area contributed by atoms with Crippen LogP contribution in [0.4, 0.5) is 0 Å². The van der Waals surface area contributed by atoms with Crippen molar-refractivity contribution in [2.24, 2.45) is 5.92 Å². The first-order valence-corrected chi connectivity index (χ1v) is 10.3. The maximum Gasteiger partial charge on any atom is 0.224 e. The third kappa shape index (κ3) is 5.81. The van der Waals surface area contributed by atoms with E-state index in [1.807, 2.05) is 4.90 Å². The molecule has 2 aliphatic heterocycles. The van der Waals surface area contributed by atoms with Crippen LogP contribution in [0.1, 0.15) is 44.9 Å². The van der Waals surface area contributed by atoms with Crippen molar-refractivity contribution < 1.29 is 14.3 Å². The van der Waals surface area contributed by atoms with Gasteiger partial charge in [-0.2, -0.15) is 0 Å². The monoisotopic (exact) mass is 363 g/mol. The first-order chi connectivity index (χ1) is 12.7. The van der Waals surface area contributed by atoms with Crippen LogP contribution >= 0.6 is 0 Å². The van der Waals surface area contributed by atoms with Crippen LogP contribution in [-0.4, -0.2) is 74.1 Å². The topological polar surface area (TPSA) is 61.9 Å². The number of nitrogens with zero attached hydrogens (tertiary/aromatic N) is 2. The third-order valence-electron chi connectivity index (χ3n) is 5.79. The highest BCUT2D eigenvalue weighted by atomic mass is 16.5. The van der Waals surface area contributed by atoms with Gasteiger partial charge in [0.1, 0.15) is 0 Å². The maximum absolute atomic E-state index is 12.5. The zero-order chi connectivity index (χ0) is 18.2. The van der Waals surface area contributed by atoms with E-state index < -0.39 is 0 Å². The lowest BCUT2D eigenvalue weighted by molar-refractivity contribution is -0.138. The smallest absolute Gasteiger partial charge is 0.224 e. The van der Waals surface area contributed by atoms with Crippen LogP contribution < -0.4 is 5.32 Å². The quantitative estimate of drug-likeness (QED) is 0.698.